The summed E-state index contributed by atoms with van der Waals surface area (Å²) in [6, 6.07) is 5.21. The Morgan fingerprint density at radius 3 is 3.00 bits per heavy atom. The number of halogens is 1. The van der Waals surface area contributed by atoms with Crippen molar-refractivity contribution in [2.45, 2.75) is 26.9 Å². The van der Waals surface area contributed by atoms with Gasteiger partial charge in [-0.3, -0.25) is 4.40 Å². The second-order valence-electron chi connectivity index (χ2n) is 5.46. The van der Waals surface area contributed by atoms with Crippen molar-refractivity contribution in [2.75, 3.05) is 6.54 Å². The van der Waals surface area contributed by atoms with E-state index >= 15 is 0 Å². The molecule has 0 fully saturated rings. The molecular weight excluding hydrogens is 325 g/mol. The molecule has 0 bridgehead atoms. The lowest BCUT2D eigenvalue weighted by Crippen LogP contribution is -2.36. The van der Waals surface area contributed by atoms with Crippen LogP contribution in [0, 0.1) is 12.7 Å². The van der Waals surface area contributed by atoms with Crippen LogP contribution in [0.25, 0.3) is 4.96 Å². The highest BCUT2D eigenvalue weighted by molar-refractivity contribution is 7.15. The van der Waals surface area contributed by atoms with Gasteiger partial charge < -0.3 is 10.6 Å². The Morgan fingerprint density at radius 2 is 2.25 bits per heavy atom. The fourth-order valence-electron chi connectivity index (χ4n) is 2.28. The number of guanidine groups is 1. The largest absolute Gasteiger partial charge is 0.357 e. The van der Waals surface area contributed by atoms with Crippen LogP contribution in [0.2, 0.25) is 0 Å². The molecule has 0 spiro atoms. The van der Waals surface area contributed by atoms with Crippen molar-refractivity contribution >= 4 is 22.3 Å². The minimum absolute atomic E-state index is 0.196. The van der Waals surface area contributed by atoms with Gasteiger partial charge in [-0.2, -0.15) is 0 Å². The maximum Gasteiger partial charge on any atom is 0.193 e. The fraction of sp³-hybridized carbons (Fsp3) is 0.294. The zero-order valence-corrected chi connectivity index (χ0v) is 14.5. The van der Waals surface area contributed by atoms with Crippen molar-refractivity contribution in [2.24, 2.45) is 4.99 Å². The van der Waals surface area contributed by atoms with Gasteiger partial charge in [-0.05, 0) is 31.0 Å². The number of rotatable bonds is 5. The van der Waals surface area contributed by atoms with Crippen molar-refractivity contribution in [3.05, 3.63) is 58.6 Å². The summed E-state index contributed by atoms with van der Waals surface area (Å²) in [6.45, 7) is 5.53. The first-order valence-corrected chi connectivity index (χ1v) is 8.72. The molecule has 0 amide bonds. The lowest BCUT2D eigenvalue weighted by atomic mass is 10.1. The summed E-state index contributed by atoms with van der Waals surface area (Å²) in [7, 11) is 0. The molecule has 2 heterocycles. The molecule has 0 aliphatic rings. The Balaban J connectivity index is 1.64. The molecule has 1 aromatic carbocycles. The quantitative estimate of drug-likeness (QED) is 0.552. The predicted molar refractivity (Wildman–Crippen MR) is 95.9 cm³/mol. The minimum Gasteiger partial charge on any atom is -0.357 e. The Labute approximate surface area is 144 Å². The van der Waals surface area contributed by atoms with Gasteiger partial charge in [0.25, 0.3) is 0 Å². The van der Waals surface area contributed by atoms with Gasteiger partial charge in [0.05, 0.1) is 18.8 Å². The highest BCUT2D eigenvalue weighted by Crippen LogP contribution is 2.11. The van der Waals surface area contributed by atoms with Gasteiger partial charge in [-0.15, -0.1) is 11.3 Å². The molecule has 0 radical (unpaired) electrons. The number of hydrogen-bond acceptors (Lipinski definition) is 3. The monoisotopic (exact) mass is 345 g/mol. The molecule has 3 aromatic rings. The molecule has 3 rings (SSSR count). The number of benzene rings is 1. The zero-order valence-electron chi connectivity index (χ0n) is 13.7. The van der Waals surface area contributed by atoms with Gasteiger partial charge in [0.1, 0.15) is 5.82 Å². The van der Waals surface area contributed by atoms with Gasteiger partial charge in [0, 0.05) is 24.3 Å². The summed E-state index contributed by atoms with van der Waals surface area (Å²) in [5.74, 6) is 0.494. The van der Waals surface area contributed by atoms with Gasteiger partial charge in [0.15, 0.2) is 10.9 Å². The minimum atomic E-state index is -0.196. The van der Waals surface area contributed by atoms with E-state index in [1.54, 1.807) is 24.3 Å². The Hall–Kier alpha value is -2.41. The van der Waals surface area contributed by atoms with E-state index < -0.39 is 0 Å². The van der Waals surface area contributed by atoms with Crippen LogP contribution in [0.1, 0.15) is 23.7 Å². The third kappa shape index (κ3) is 3.91. The van der Waals surface area contributed by atoms with Crippen LogP contribution in [0.15, 0.2) is 41.0 Å². The van der Waals surface area contributed by atoms with E-state index in [0.29, 0.717) is 24.6 Å². The van der Waals surface area contributed by atoms with E-state index in [1.807, 2.05) is 35.2 Å². The lowest BCUT2D eigenvalue weighted by molar-refractivity contribution is 0.616. The molecule has 5 nitrogen and oxygen atoms in total. The van der Waals surface area contributed by atoms with Crippen molar-refractivity contribution in [1.82, 2.24) is 20.0 Å². The summed E-state index contributed by atoms with van der Waals surface area (Å²) >= 11 is 1.61. The Morgan fingerprint density at radius 1 is 1.38 bits per heavy atom. The molecule has 0 aliphatic heterocycles. The average Bonchev–Trinajstić information content (AvgIpc) is 3.14. The van der Waals surface area contributed by atoms with E-state index in [-0.39, 0.29) is 5.82 Å². The molecule has 0 unspecified atom stereocenters. The molecular formula is C17H20FN5S. The summed E-state index contributed by atoms with van der Waals surface area (Å²) in [6.07, 6.45) is 3.99. The predicted octanol–water partition coefficient (Wildman–Crippen LogP) is 3.10. The van der Waals surface area contributed by atoms with Crippen LogP contribution in [0.4, 0.5) is 4.39 Å². The highest BCUT2D eigenvalue weighted by atomic mass is 32.1. The molecule has 126 valence electrons. The third-order valence-electron chi connectivity index (χ3n) is 3.58. The standard InChI is InChI=1S/C17H20FN5S/c1-3-19-16(20-9-13-5-4-12(2)15(18)8-13)21-10-14-11-23-6-7-24-17(23)22-14/h4-8,11H,3,9-10H2,1-2H3,(H2,19,20,21). The number of aryl methyl sites for hydroxylation is 1. The fourth-order valence-corrected chi connectivity index (χ4v) is 3.00. The van der Waals surface area contributed by atoms with E-state index in [4.69, 9.17) is 0 Å². The maximum absolute atomic E-state index is 13.6. The van der Waals surface area contributed by atoms with Crippen LogP contribution < -0.4 is 10.6 Å². The van der Waals surface area contributed by atoms with Crippen molar-refractivity contribution in [3.8, 4) is 0 Å². The number of fused-ring (bicyclic) bond motifs is 1. The van der Waals surface area contributed by atoms with E-state index in [0.717, 1.165) is 22.8 Å². The van der Waals surface area contributed by atoms with Gasteiger partial charge in [0.2, 0.25) is 0 Å². The smallest absolute Gasteiger partial charge is 0.193 e. The van der Waals surface area contributed by atoms with E-state index in [2.05, 4.69) is 20.6 Å². The molecule has 0 saturated heterocycles. The zero-order chi connectivity index (χ0) is 16.9. The molecule has 2 N–H and O–H groups in total. The van der Waals surface area contributed by atoms with Crippen molar-refractivity contribution in [1.29, 1.82) is 0 Å². The molecule has 0 aliphatic carbocycles. The summed E-state index contributed by atoms with van der Waals surface area (Å²) < 4.78 is 15.6. The third-order valence-corrected chi connectivity index (χ3v) is 4.35. The molecule has 2 aromatic heterocycles. The molecule has 0 atom stereocenters. The second-order valence-corrected chi connectivity index (χ2v) is 6.33. The number of nitrogens with one attached hydrogen (secondary N) is 2. The highest BCUT2D eigenvalue weighted by Gasteiger charge is 2.04. The lowest BCUT2D eigenvalue weighted by Gasteiger charge is -2.10. The van der Waals surface area contributed by atoms with Crippen LogP contribution in [0.5, 0.6) is 0 Å². The number of nitrogens with zero attached hydrogens (tertiary/aromatic N) is 3. The van der Waals surface area contributed by atoms with Gasteiger partial charge in [-0.25, -0.2) is 14.4 Å². The summed E-state index contributed by atoms with van der Waals surface area (Å²) in [5, 5.41) is 8.45. The molecule has 7 heteroatoms. The molecule has 24 heavy (non-hydrogen) atoms. The van der Waals surface area contributed by atoms with E-state index in [1.165, 1.54) is 6.07 Å². The topological polar surface area (TPSA) is 53.7 Å². The maximum atomic E-state index is 13.6. The van der Waals surface area contributed by atoms with Crippen LogP contribution in [0.3, 0.4) is 0 Å². The Bertz CT molecular complexity index is 823. The van der Waals surface area contributed by atoms with Gasteiger partial charge in [-0.1, -0.05) is 12.1 Å². The summed E-state index contributed by atoms with van der Waals surface area (Å²) in [5.41, 5.74) is 2.44. The normalized spacial score (nSPS) is 11.9. The van der Waals surface area contributed by atoms with E-state index in [9.17, 15) is 4.39 Å². The summed E-state index contributed by atoms with van der Waals surface area (Å²) in [4.78, 5) is 10.0. The number of hydrogen-bond donors (Lipinski definition) is 2. The van der Waals surface area contributed by atoms with Crippen molar-refractivity contribution < 1.29 is 4.39 Å². The van der Waals surface area contributed by atoms with Crippen LogP contribution in [-0.4, -0.2) is 21.9 Å². The Kier molecular flexibility index (Phi) is 5.10. The van der Waals surface area contributed by atoms with Crippen molar-refractivity contribution in [3.63, 3.8) is 0 Å². The average molecular weight is 345 g/mol. The first-order chi connectivity index (χ1) is 11.7. The van der Waals surface area contributed by atoms with Gasteiger partial charge >= 0.3 is 0 Å². The second kappa shape index (κ2) is 7.44. The number of thiazole rings is 1. The SMILES string of the molecule is CCNC(=NCc1ccc(C)c(F)c1)NCc1cn2ccsc2n1. The number of aliphatic imine (C=N–C) groups is 1. The first-order valence-electron chi connectivity index (χ1n) is 7.84. The molecule has 0 saturated carbocycles. The number of aromatic nitrogens is 2. The van der Waals surface area contributed by atoms with Crippen LogP contribution in [-0.2, 0) is 13.1 Å². The first kappa shape index (κ1) is 16.4. The number of imidazole rings is 1. The van der Waals surface area contributed by atoms with Crippen LogP contribution >= 0.6 is 11.3 Å².